The molecular formula is C17H22N4O2. The summed E-state index contributed by atoms with van der Waals surface area (Å²) in [6.45, 7) is 4.23. The summed E-state index contributed by atoms with van der Waals surface area (Å²) in [6, 6.07) is 9.92. The zero-order valence-corrected chi connectivity index (χ0v) is 13.3. The molecule has 122 valence electrons. The van der Waals surface area contributed by atoms with E-state index in [1.165, 1.54) is 24.9 Å². The molecule has 0 aliphatic carbocycles. The van der Waals surface area contributed by atoms with Gasteiger partial charge in [0.1, 0.15) is 5.76 Å². The van der Waals surface area contributed by atoms with Gasteiger partial charge in [-0.3, -0.25) is 4.79 Å². The summed E-state index contributed by atoms with van der Waals surface area (Å²) in [4.78, 5) is 14.3. The van der Waals surface area contributed by atoms with Crippen LogP contribution >= 0.6 is 0 Å². The first-order chi connectivity index (χ1) is 11.2. The molecule has 1 amide bonds. The molecule has 3 rings (SSSR count). The molecule has 1 saturated heterocycles. The molecule has 6 nitrogen and oxygen atoms in total. The van der Waals surface area contributed by atoms with Crippen molar-refractivity contribution in [3.63, 3.8) is 0 Å². The number of hydrogen-bond acceptors (Lipinski definition) is 5. The second kappa shape index (κ2) is 7.17. The average Bonchev–Trinajstić information content (AvgIpc) is 2.99. The number of hydrogen-bond donors (Lipinski definition) is 2. The van der Waals surface area contributed by atoms with Crippen molar-refractivity contribution in [2.75, 3.05) is 35.2 Å². The highest BCUT2D eigenvalue weighted by atomic mass is 16.5. The lowest BCUT2D eigenvalue weighted by Gasteiger charge is -2.28. The van der Waals surface area contributed by atoms with Crippen LogP contribution in [0.1, 0.15) is 25.0 Å². The van der Waals surface area contributed by atoms with Crippen LogP contribution in [-0.4, -0.2) is 30.7 Å². The minimum absolute atomic E-state index is 0.154. The number of benzene rings is 1. The fourth-order valence-electron chi connectivity index (χ4n) is 2.74. The molecule has 0 spiro atoms. The Bertz CT molecular complexity index is 645. The van der Waals surface area contributed by atoms with Gasteiger partial charge in [-0.1, -0.05) is 5.16 Å². The average molecular weight is 314 g/mol. The zero-order chi connectivity index (χ0) is 16.1. The van der Waals surface area contributed by atoms with E-state index in [1.54, 1.807) is 13.0 Å². The summed E-state index contributed by atoms with van der Waals surface area (Å²) in [6.07, 6.45) is 3.86. The Balaban J connectivity index is 1.49. The van der Waals surface area contributed by atoms with Gasteiger partial charge < -0.3 is 20.1 Å². The van der Waals surface area contributed by atoms with Crippen molar-refractivity contribution in [3.8, 4) is 0 Å². The van der Waals surface area contributed by atoms with Gasteiger partial charge in [-0.25, -0.2) is 0 Å². The van der Waals surface area contributed by atoms with Crippen molar-refractivity contribution in [1.29, 1.82) is 0 Å². The van der Waals surface area contributed by atoms with Gasteiger partial charge in [-0.15, -0.1) is 0 Å². The minimum Gasteiger partial charge on any atom is -0.376 e. The van der Waals surface area contributed by atoms with E-state index in [0.29, 0.717) is 11.6 Å². The van der Waals surface area contributed by atoms with Crippen LogP contribution in [0.2, 0.25) is 0 Å². The summed E-state index contributed by atoms with van der Waals surface area (Å²) < 4.78 is 4.91. The van der Waals surface area contributed by atoms with Crippen molar-refractivity contribution < 1.29 is 9.32 Å². The van der Waals surface area contributed by atoms with Crippen LogP contribution in [0.5, 0.6) is 0 Å². The smallest absolute Gasteiger partial charge is 0.244 e. The first kappa shape index (κ1) is 15.4. The maximum atomic E-state index is 11.8. The lowest BCUT2D eigenvalue weighted by atomic mass is 10.1. The molecule has 1 aromatic carbocycles. The highest BCUT2D eigenvalue weighted by Crippen LogP contribution is 2.21. The van der Waals surface area contributed by atoms with Crippen LogP contribution in [-0.2, 0) is 4.79 Å². The van der Waals surface area contributed by atoms with Gasteiger partial charge in [-0.2, -0.15) is 0 Å². The maximum Gasteiger partial charge on any atom is 0.244 e. The number of aromatic nitrogens is 1. The highest BCUT2D eigenvalue weighted by molar-refractivity contribution is 5.92. The number of carbonyl (C=O) groups is 1. The molecule has 1 aliphatic rings. The van der Waals surface area contributed by atoms with Crippen molar-refractivity contribution in [3.05, 3.63) is 36.1 Å². The topological polar surface area (TPSA) is 70.4 Å². The lowest BCUT2D eigenvalue weighted by molar-refractivity contribution is -0.114. The van der Waals surface area contributed by atoms with E-state index in [9.17, 15) is 4.79 Å². The Morgan fingerprint density at radius 3 is 2.61 bits per heavy atom. The molecule has 1 fully saturated rings. The number of piperidine rings is 1. The summed E-state index contributed by atoms with van der Waals surface area (Å²) in [5.74, 6) is 0.953. The molecule has 0 unspecified atom stereocenters. The number of carbonyl (C=O) groups excluding carboxylic acids is 1. The molecule has 2 heterocycles. The van der Waals surface area contributed by atoms with E-state index >= 15 is 0 Å². The van der Waals surface area contributed by atoms with E-state index in [2.05, 4.69) is 32.8 Å². The van der Waals surface area contributed by atoms with E-state index in [0.717, 1.165) is 18.8 Å². The normalized spacial score (nSPS) is 14.6. The number of nitrogens with zero attached hydrogens (tertiary/aromatic N) is 2. The molecular weight excluding hydrogens is 292 g/mol. The van der Waals surface area contributed by atoms with Crippen molar-refractivity contribution in [2.45, 2.75) is 26.2 Å². The molecule has 0 bridgehead atoms. The van der Waals surface area contributed by atoms with Crippen molar-refractivity contribution in [1.82, 2.24) is 5.16 Å². The predicted octanol–water partition coefficient (Wildman–Crippen LogP) is 3.02. The third kappa shape index (κ3) is 4.25. The van der Waals surface area contributed by atoms with Gasteiger partial charge in [0.05, 0.1) is 6.54 Å². The Morgan fingerprint density at radius 1 is 1.22 bits per heavy atom. The largest absolute Gasteiger partial charge is 0.376 e. The Hall–Kier alpha value is -2.50. The third-order valence-electron chi connectivity index (χ3n) is 3.94. The molecule has 0 saturated carbocycles. The van der Waals surface area contributed by atoms with Crippen LogP contribution in [0.3, 0.4) is 0 Å². The van der Waals surface area contributed by atoms with Gasteiger partial charge in [0.15, 0.2) is 5.82 Å². The molecule has 2 N–H and O–H groups in total. The third-order valence-corrected chi connectivity index (χ3v) is 3.94. The van der Waals surface area contributed by atoms with Crippen LogP contribution in [0, 0.1) is 6.92 Å². The Morgan fingerprint density at radius 2 is 1.96 bits per heavy atom. The highest BCUT2D eigenvalue weighted by Gasteiger charge is 2.11. The Labute approximate surface area is 135 Å². The molecule has 23 heavy (non-hydrogen) atoms. The van der Waals surface area contributed by atoms with E-state index < -0.39 is 0 Å². The minimum atomic E-state index is -0.154. The number of aryl methyl sites for hydroxylation is 1. The Kier molecular flexibility index (Phi) is 4.80. The van der Waals surface area contributed by atoms with Gasteiger partial charge in [0.25, 0.3) is 0 Å². The van der Waals surface area contributed by atoms with E-state index in [4.69, 9.17) is 4.52 Å². The molecule has 6 heteroatoms. The molecule has 1 aromatic heterocycles. The maximum absolute atomic E-state index is 11.8. The fourth-order valence-corrected chi connectivity index (χ4v) is 2.74. The van der Waals surface area contributed by atoms with Crippen molar-refractivity contribution in [2.24, 2.45) is 0 Å². The first-order valence-corrected chi connectivity index (χ1v) is 8.03. The monoisotopic (exact) mass is 314 g/mol. The summed E-state index contributed by atoms with van der Waals surface area (Å²) >= 11 is 0. The number of anilines is 3. The molecule has 0 atom stereocenters. The van der Waals surface area contributed by atoms with Gasteiger partial charge >= 0.3 is 0 Å². The number of nitrogens with one attached hydrogen (secondary N) is 2. The summed E-state index contributed by atoms with van der Waals surface area (Å²) in [5.41, 5.74) is 2.18. The lowest BCUT2D eigenvalue weighted by Crippen LogP contribution is -2.29. The molecule has 1 aliphatic heterocycles. The predicted molar refractivity (Wildman–Crippen MR) is 90.9 cm³/mol. The van der Waals surface area contributed by atoms with Crippen molar-refractivity contribution >= 4 is 23.1 Å². The van der Waals surface area contributed by atoms with Gasteiger partial charge in [0.2, 0.25) is 5.91 Å². The number of rotatable bonds is 5. The summed E-state index contributed by atoms with van der Waals surface area (Å²) in [7, 11) is 0. The zero-order valence-electron chi connectivity index (χ0n) is 13.3. The van der Waals surface area contributed by atoms with Crippen LogP contribution in [0.4, 0.5) is 17.2 Å². The van der Waals surface area contributed by atoms with E-state index in [1.807, 2.05) is 12.1 Å². The number of amides is 1. The van der Waals surface area contributed by atoms with Gasteiger partial charge in [0, 0.05) is 30.5 Å². The van der Waals surface area contributed by atoms with Crippen LogP contribution in [0.25, 0.3) is 0 Å². The standard InChI is InChI=1S/C17H22N4O2/c1-13-11-16(20-23-13)19-17(22)12-18-14-5-7-15(8-6-14)21-9-3-2-4-10-21/h5-8,11,18H,2-4,9-10,12H2,1H3,(H,19,20,22). The van der Waals surface area contributed by atoms with Crippen LogP contribution < -0.4 is 15.5 Å². The first-order valence-electron chi connectivity index (χ1n) is 8.03. The summed E-state index contributed by atoms with van der Waals surface area (Å²) in [5, 5.41) is 9.53. The molecule has 2 aromatic rings. The van der Waals surface area contributed by atoms with Gasteiger partial charge in [-0.05, 0) is 50.5 Å². The molecule has 0 radical (unpaired) electrons. The SMILES string of the molecule is Cc1cc(NC(=O)CNc2ccc(N3CCCCC3)cc2)no1. The van der Waals surface area contributed by atoms with E-state index in [-0.39, 0.29) is 12.5 Å². The second-order valence-corrected chi connectivity index (χ2v) is 5.82. The van der Waals surface area contributed by atoms with Crippen LogP contribution in [0.15, 0.2) is 34.9 Å². The fraction of sp³-hybridized carbons (Fsp3) is 0.412. The second-order valence-electron chi connectivity index (χ2n) is 5.82. The quantitative estimate of drug-likeness (QED) is 0.887.